The summed E-state index contributed by atoms with van der Waals surface area (Å²) in [5.74, 6) is -1.81. The first-order chi connectivity index (χ1) is 11.3. The smallest absolute Gasteiger partial charge is 0.340 e. The Kier molecular flexibility index (Phi) is 5.57. The summed E-state index contributed by atoms with van der Waals surface area (Å²) in [4.78, 5) is 24.2. The van der Waals surface area contributed by atoms with Crippen molar-refractivity contribution in [2.24, 2.45) is 0 Å². The van der Waals surface area contributed by atoms with E-state index in [1.807, 2.05) is 26.0 Å². The van der Waals surface area contributed by atoms with Gasteiger partial charge in [0, 0.05) is 5.69 Å². The first kappa shape index (κ1) is 17.9. The van der Waals surface area contributed by atoms with Crippen molar-refractivity contribution in [3.05, 3.63) is 63.9 Å². The van der Waals surface area contributed by atoms with Crippen molar-refractivity contribution < 1.29 is 18.7 Å². The third kappa shape index (κ3) is 4.32. The number of rotatable bonds is 4. The Morgan fingerprint density at radius 3 is 2.50 bits per heavy atom. The van der Waals surface area contributed by atoms with Crippen molar-refractivity contribution in [1.82, 2.24) is 0 Å². The molecule has 0 radical (unpaired) electrons. The Labute approximate surface area is 144 Å². The molecule has 0 aliphatic rings. The molecule has 0 aliphatic heterocycles. The summed E-state index contributed by atoms with van der Waals surface area (Å²) < 4.78 is 18.1. The zero-order valence-electron chi connectivity index (χ0n) is 13.5. The van der Waals surface area contributed by atoms with E-state index in [0.29, 0.717) is 5.69 Å². The minimum atomic E-state index is -1.03. The molecule has 0 aliphatic carbocycles. The monoisotopic (exact) mass is 349 g/mol. The molecular weight excluding hydrogens is 333 g/mol. The lowest BCUT2D eigenvalue weighted by atomic mass is 10.1. The van der Waals surface area contributed by atoms with Gasteiger partial charge < -0.3 is 10.1 Å². The lowest BCUT2D eigenvalue weighted by molar-refractivity contribution is -0.123. The van der Waals surface area contributed by atoms with Crippen LogP contribution < -0.4 is 5.32 Å². The van der Waals surface area contributed by atoms with Gasteiger partial charge in [0.1, 0.15) is 5.82 Å². The highest BCUT2D eigenvalue weighted by Crippen LogP contribution is 2.20. The molecule has 0 fully saturated rings. The molecule has 1 atom stereocenters. The van der Waals surface area contributed by atoms with Crippen LogP contribution in [0.2, 0.25) is 5.02 Å². The van der Waals surface area contributed by atoms with E-state index in [1.54, 1.807) is 6.07 Å². The number of hydrogen-bond acceptors (Lipinski definition) is 3. The second kappa shape index (κ2) is 7.45. The Balaban J connectivity index is 2.04. The number of carbonyl (C=O) groups excluding carboxylic acids is 2. The summed E-state index contributed by atoms with van der Waals surface area (Å²) in [6, 6.07) is 8.92. The predicted octanol–water partition coefficient (Wildman–Crippen LogP) is 4.28. The van der Waals surface area contributed by atoms with E-state index in [0.717, 1.165) is 23.3 Å². The van der Waals surface area contributed by atoms with E-state index in [-0.39, 0.29) is 10.6 Å². The topological polar surface area (TPSA) is 55.4 Å². The van der Waals surface area contributed by atoms with Crippen molar-refractivity contribution in [1.29, 1.82) is 0 Å². The van der Waals surface area contributed by atoms with Crippen molar-refractivity contribution in [2.45, 2.75) is 26.9 Å². The number of amides is 1. The highest BCUT2D eigenvalue weighted by molar-refractivity contribution is 6.33. The van der Waals surface area contributed by atoms with Gasteiger partial charge in [0.2, 0.25) is 0 Å². The van der Waals surface area contributed by atoms with Crippen molar-refractivity contribution in [3.63, 3.8) is 0 Å². The number of ether oxygens (including phenoxy) is 1. The highest BCUT2D eigenvalue weighted by Gasteiger charge is 2.21. The number of carbonyl (C=O) groups is 2. The average molecular weight is 350 g/mol. The number of halogens is 2. The van der Waals surface area contributed by atoms with Crippen LogP contribution in [0.4, 0.5) is 10.1 Å². The van der Waals surface area contributed by atoms with E-state index in [1.165, 1.54) is 13.0 Å². The van der Waals surface area contributed by atoms with E-state index in [2.05, 4.69) is 5.32 Å². The lowest BCUT2D eigenvalue weighted by Gasteiger charge is -2.15. The fourth-order valence-electron chi connectivity index (χ4n) is 2.12. The maximum absolute atomic E-state index is 13.0. The highest BCUT2D eigenvalue weighted by atomic mass is 35.5. The number of nitrogens with one attached hydrogen (secondary N) is 1. The molecule has 0 aromatic heterocycles. The maximum Gasteiger partial charge on any atom is 0.340 e. The molecule has 2 aromatic carbocycles. The van der Waals surface area contributed by atoms with Crippen LogP contribution in [0.15, 0.2) is 36.4 Å². The molecule has 126 valence electrons. The summed E-state index contributed by atoms with van der Waals surface area (Å²) in [5, 5.41) is 2.64. The fourth-order valence-corrected chi connectivity index (χ4v) is 2.37. The molecule has 6 heteroatoms. The molecule has 0 saturated heterocycles. The molecule has 0 bridgehead atoms. The Hall–Kier alpha value is -2.40. The quantitative estimate of drug-likeness (QED) is 0.838. The molecule has 1 unspecified atom stereocenters. The minimum Gasteiger partial charge on any atom is -0.449 e. The van der Waals surface area contributed by atoms with Gasteiger partial charge in [-0.2, -0.15) is 0 Å². The molecule has 1 amide bonds. The van der Waals surface area contributed by atoms with Crippen LogP contribution >= 0.6 is 11.6 Å². The molecule has 0 saturated carbocycles. The van der Waals surface area contributed by atoms with E-state index in [4.69, 9.17) is 16.3 Å². The number of esters is 1. The molecule has 2 aromatic rings. The summed E-state index contributed by atoms with van der Waals surface area (Å²) >= 11 is 5.81. The van der Waals surface area contributed by atoms with Crippen LogP contribution in [-0.2, 0) is 9.53 Å². The molecule has 1 N–H and O–H groups in total. The van der Waals surface area contributed by atoms with Crippen LogP contribution in [0.5, 0.6) is 0 Å². The average Bonchev–Trinajstić information content (AvgIpc) is 2.49. The lowest BCUT2D eigenvalue weighted by Crippen LogP contribution is -2.30. The molecular formula is C18H17ClFNO3. The third-order valence-corrected chi connectivity index (χ3v) is 3.76. The van der Waals surface area contributed by atoms with Crippen molar-refractivity contribution in [2.75, 3.05) is 5.32 Å². The normalized spacial score (nSPS) is 11.7. The van der Waals surface area contributed by atoms with Gasteiger partial charge in [-0.25, -0.2) is 9.18 Å². The van der Waals surface area contributed by atoms with Gasteiger partial charge in [-0.15, -0.1) is 0 Å². The van der Waals surface area contributed by atoms with E-state index < -0.39 is 23.8 Å². The van der Waals surface area contributed by atoms with Gasteiger partial charge >= 0.3 is 5.97 Å². The van der Waals surface area contributed by atoms with Crippen molar-refractivity contribution >= 4 is 29.2 Å². The largest absolute Gasteiger partial charge is 0.449 e. The molecule has 24 heavy (non-hydrogen) atoms. The van der Waals surface area contributed by atoms with Gasteiger partial charge in [0.25, 0.3) is 5.91 Å². The van der Waals surface area contributed by atoms with Gasteiger partial charge in [-0.3, -0.25) is 4.79 Å². The number of benzene rings is 2. The van der Waals surface area contributed by atoms with Crippen LogP contribution in [0.3, 0.4) is 0 Å². The van der Waals surface area contributed by atoms with Gasteiger partial charge in [-0.05, 0) is 50.6 Å². The van der Waals surface area contributed by atoms with Crippen LogP contribution in [-0.4, -0.2) is 18.0 Å². The fraction of sp³-hybridized carbons (Fsp3) is 0.222. The summed E-state index contributed by atoms with van der Waals surface area (Å²) in [6.07, 6.45) is -1.03. The Bertz CT molecular complexity index is 792. The molecule has 0 heterocycles. The maximum atomic E-state index is 13.0. The number of hydrogen-bond donors (Lipinski definition) is 1. The zero-order valence-corrected chi connectivity index (χ0v) is 14.3. The van der Waals surface area contributed by atoms with E-state index >= 15 is 0 Å². The second-order valence-electron chi connectivity index (χ2n) is 5.48. The summed E-state index contributed by atoms with van der Waals surface area (Å²) in [5.41, 5.74) is 2.64. The number of aryl methyl sites for hydroxylation is 2. The zero-order chi connectivity index (χ0) is 17.9. The number of anilines is 1. The summed E-state index contributed by atoms with van der Waals surface area (Å²) in [6.45, 7) is 5.28. The molecule has 2 rings (SSSR count). The van der Waals surface area contributed by atoms with Gasteiger partial charge in [-0.1, -0.05) is 29.3 Å². The second-order valence-corrected chi connectivity index (χ2v) is 5.89. The molecule has 4 nitrogen and oxygen atoms in total. The van der Waals surface area contributed by atoms with Gasteiger partial charge in [0.15, 0.2) is 6.10 Å². The van der Waals surface area contributed by atoms with Crippen LogP contribution in [0.1, 0.15) is 28.4 Å². The Morgan fingerprint density at radius 2 is 1.88 bits per heavy atom. The SMILES string of the molecule is Cc1ccc(NC(=O)C(C)OC(=O)c2ccc(F)cc2Cl)c(C)c1. The molecule has 0 spiro atoms. The first-order valence-corrected chi connectivity index (χ1v) is 7.70. The van der Waals surface area contributed by atoms with Crippen LogP contribution in [0, 0.1) is 19.7 Å². The van der Waals surface area contributed by atoms with Gasteiger partial charge in [0.05, 0.1) is 10.6 Å². The van der Waals surface area contributed by atoms with Crippen LogP contribution in [0.25, 0.3) is 0 Å². The van der Waals surface area contributed by atoms with Crippen molar-refractivity contribution in [3.8, 4) is 0 Å². The third-order valence-electron chi connectivity index (χ3n) is 3.44. The summed E-state index contributed by atoms with van der Waals surface area (Å²) in [7, 11) is 0. The standard InChI is InChI=1S/C18H17ClFNO3/c1-10-4-7-16(11(2)8-10)21-17(22)12(3)24-18(23)14-6-5-13(20)9-15(14)19/h4-9,12H,1-3H3,(H,21,22). The minimum absolute atomic E-state index is 0.00392. The Morgan fingerprint density at radius 1 is 1.17 bits per heavy atom. The first-order valence-electron chi connectivity index (χ1n) is 7.32. The van der Waals surface area contributed by atoms with E-state index in [9.17, 15) is 14.0 Å². The predicted molar refractivity (Wildman–Crippen MR) is 90.8 cm³/mol.